The number of nitrogens with zero attached hydrogens (tertiary/aromatic N) is 2. The van der Waals surface area contributed by atoms with E-state index in [9.17, 15) is 14.4 Å². The van der Waals surface area contributed by atoms with Crippen LogP contribution >= 0.6 is 0 Å². The van der Waals surface area contributed by atoms with Crippen LogP contribution in [-0.4, -0.2) is 56.2 Å². The summed E-state index contributed by atoms with van der Waals surface area (Å²) in [7, 11) is 3.88. The fourth-order valence-corrected chi connectivity index (χ4v) is 2.07. The highest BCUT2D eigenvalue weighted by Gasteiger charge is 2.13. The Labute approximate surface area is 137 Å². The van der Waals surface area contributed by atoms with Gasteiger partial charge in [-0.05, 0) is 45.3 Å². The number of likely N-dealkylation sites (N-methyl/N-ethyl adjacent to an activating group) is 1. The third-order valence-corrected chi connectivity index (χ3v) is 3.41. The van der Waals surface area contributed by atoms with Gasteiger partial charge in [-0.1, -0.05) is 0 Å². The van der Waals surface area contributed by atoms with Gasteiger partial charge in [0.25, 0.3) is 0 Å². The van der Waals surface area contributed by atoms with E-state index in [4.69, 9.17) is 0 Å². The summed E-state index contributed by atoms with van der Waals surface area (Å²) in [5.41, 5.74) is 1.28. The zero-order valence-corrected chi connectivity index (χ0v) is 14.3. The molecule has 0 aliphatic rings. The molecule has 0 fully saturated rings. The first-order valence-electron chi connectivity index (χ1n) is 7.61. The molecule has 1 rings (SSSR count). The van der Waals surface area contributed by atoms with Gasteiger partial charge in [0.15, 0.2) is 5.78 Å². The molecule has 6 heteroatoms. The highest BCUT2D eigenvalue weighted by Crippen LogP contribution is 2.16. The van der Waals surface area contributed by atoms with Gasteiger partial charge in [-0.2, -0.15) is 0 Å². The van der Waals surface area contributed by atoms with Crippen molar-refractivity contribution in [3.05, 3.63) is 29.8 Å². The van der Waals surface area contributed by atoms with E-state index in [0.29, 0.717) is 24.3 Å². The zero-order chi connectivity index (χ0) is 17.4. The summed E-state index contributed by atoms with van der Waals surface area (Å²) >= 11 is 0. The van der Waals surface area contributed by atoms with E-state index in [1.54, 1.807) is 24.3 Å². The van der Waals surface area contributed by atoms with Crippen LogP contribution in [0.3, 0.4) is 0 Å². The van der Waals surface area contributed by atoms with Crippen LogP contribution in [-0.2, 0) is 9.59 Å². The highest BCUT2D eigenvalue weighted by molar-refractivity contribution is 5.96. The number of carbonyl (C=O) groups excluding carboxylic acids is 3. The molecule has 0 radical (unpaired) electrons. The van der Waals surface area contributed by atoms with Crippen molar-refractivity contribution in [1.82, 2.24) is 10.2 Å². The molecule has 1 aromatic carbocycles. The number of Topliss-reactive ketones (excluding diaryl/α,β-unsaturated/α-hetero) is 1. The zero-order valence-electron chi connectivity index (χ0n) is 14.3. The van der Waals surface area contributed by atoms with Crippen molar-refractivity contribution in [2.45, 2.75) is 20.3 Å². The lowest BCUT2D eigenvalue weighted by molar-refractivity contribution is -0.121. The Morgan fingerprint density at radius 1 is 1.00 bits per heavy atom. The summed E-state index contributed by atoms with van der Waals surface area (Å²) in [6.07, 6.45) is 0.238. The van der Waals surface area contributed by atoms with Crippen LogP contribution in [0.4, 0.5) is 5.69 Å². The van der Waals surface area contributed by atoms with Gasteiger partial charge in [0.1, 0.15) is 0 Å². The van der Waals surface area contributed by atoms with E-state index < -0.39 is 0 Å². The normalized spacial score (nSPS) is 10.5. The second kappa shape index (κ2) is 9.05. The first kappa shape index (κ1) is 18.8. The van der Waals surface area contributed by atoms with Crippen LogP contribution in [0.15, 0.2) is 24.3 Å². The molecule has 1 N–H and O–H groups in total. The monoisotopic (exact) mass is 319 g/mol. The lowest BCUT2D eigenvalue weighted by Gasteiger charge is -2.21. The van der Waals surface area contributed by atoms with Gasteiger partial charge < -0.3 is 15.1 Å². The summed E-state index contributed by atoms with van der Waals surface area (Å²) in [6, 6.07) is 6.82. The fraction of sp³-hybridized carbons (Fsp3) is 0.471. The number of hydrogen-bond acceptors (Lipinski definition) is 4. The molecule has 0 saturated heterocycles. The molecule has 0 heterocycles. The second-order valence-corrected chi connectivity index (χ2v) is 5.68. The Balaban J connectivity index is 2.60. The predicted molar refractivity (Wildman–Crippen MR) is 90.7 cm³/mol. The van der Waals surface area contributed by atoms with Gasteiger partial charge in [0.05, 0.1) is 0 Å². The van der Waals surface area contributed by atoms with Gasteiger partial charge in [-0.15, -0.1) is 0 Å². The van der Waals surface area contributed by atoms with Gasteiger partial charge >= 0.3 is 0 Å². The van der Waals surface area contributed by atoms with Crippen molar-refractivity contribution in [3.8, 4) is 0 Å². The Hall–Kier alpha value is -2.21. The smallest absolute Gasteiger partial charge is 0.223 e. The van der Waals surface area contributed by atoms with Crippen molar-refractivity contribution in [2.24, 2.45) is 0 Å². The minimum Gasteiger partial charge on any atom is -0.355 e. The summed E-state index contributed by atoms with van der Waals surface area (Å²) in [6.45, 7) is 4.62. The molecule has 0 aliphatic carbocycles. The Kier molecular flexibility index (Phi) is 7.41. The number of benzene rings is 1. The first-order valence-corrected chi connectivity index (χ1v) is 7.61. The van der Waals surface area contributed by atoms with E-state index >= 15 is 0 Å². The molecule has 0 aliphatic heterocycles. The quantitative estimate of drug-likeness (QED) is 0.734. The fourth-order valence-electron chi connectivity index (χ4n) is 2.07. The number of carbonyl (C=O) groups is 3. The maximum Gasteiger partial charge on any atom is 0.223 e. The molecule has 0 spiro atoms. The molecule has 23 heavy (non-hydrogen) atoms. The van der Waals surface area contributed by atoms with Crippen LogP contribution < -0.4 is 10.2 Å². The third-order valence-electron chi connectivity index (χ3n) is 3.41. The second-order valence-electron chi connectivity index (χ2n) is 5.68. The number of rotatable bonds is 8. The highest BCUT2D eigenvalue weighted by atomic mass is 16.2. The van der Waals surface area contributed by atoms with E-state index in [1.807, 2.05) is 19.0 Å². The lowest BCUT2D eigenvalue weighted by atomic mass is 10.1. The molecular weight excluding hydrogens is 294 g/mol. The predicted octanol–water partition coefficient (Wildman–Crippen LogP) is 1.31. The van der Waals surface area contributed by atoms with Crippen molar-refractivity contribution in [1.29, 1.82) is 0 Å². The minimum atomic E-state index is -0.137. The molecule has 1 aromatic rings. The van der Waals surface area contributed by atoms with Crippen LogP contribution in [0, 0.1) is 0 Å². The van der Waals surface area contributed by atoms with E-state index in [-0.39, 0.29) is 24.0 Å². The molecule has 0 aromatic heterocycles. The number of anilines is 1. The number of nitrogens with one attached hydrogen (secondary N) is 1. The van der Waals surface area contributed by atoms with E-state index in [0.717, 1.165) is 6.54 Å². The third kappa shape index (κ3) is 6.61. The van der Waals surface area contributed by atoms with Gasteiger partial charge in [0, 0.05) is 44.2 Å². The molecule has 0 bridgehead atoms. The average Bonchev–Trinajstić information content (AvgIpc) is 2.47. The summed E-state index contributed by atoms with van der Waals surface area (Å²) < 4.78 is 0. The molecule has 126 valence electrons. The Morgan fingerprint density at radius 2 is 1.61 bits per heavy atom. The summed E-state index contributed by atoms with van der Waals surface area (Å²) in [5, 5.41) is 2.82. The van der Waals surface area contributed by atoms with Crippen molar-refractivity contribution < 1.29 is 14.4 Å². The lowest BCUT2D eigenvalue weighted by Crippen LogP contribution is -2.36. The van der Waals surface area contributed by atoms with Gasteiger partial charge in [-0.25, -0.2) is 0 Å². The number of ketones is 1. The molecule has 0 saturated carbocycles. The number of amides is 2. The van der Waals surface area contributed by atoms with E-state index in [1.165, 1.54) is 18.7 Å². The maximum atomic E-state index is 11.8. The van der Waals surface area contributed by atoms with Gasteiger partial charge in [0.2, 0.25) is 11.8 Å². The van der Waals surface area contributed by atoms with Crippen LogP contribution in [0.25, 0.3) is 0 Å². The molecule has 0 unspecified atom stereocenters. The van der Waals surface area contributed by atoms with Crippen LogP contribution in [0.5, 0.6) is 0 Å². The standard InChI is InChI=1S/C17H25N3O3/c1-13(21)15-5-7-16(8-6-15)20(14(2)22)11-9-17(23)18-10-12-19(3)4/h5-8H,9-12H2,1-4H3,(H,18,23). The first-order chi connectivity index (χ1) is 10.8. The largest absolute Gasteiger partial charge is 0.355 e. The Morgan fingerprint density at radius 3 is 2.09 bits per heavy atom. The van der Waals surface area contributed by atoms with Crippen molar-refractivity contribution >= 4 is 23.3 Å². The molecule has 6 nitrogen and oxygen atoms in total. The Bertz CT molecular complexity index is 553. The molecule has 0 atom stereocenters. The number of hydrogen-bond donors (Lipinski definition) is 1. The maximum absolute atomic E-state index is 11.8. The van der Waals surface area contributed by atoms with Crippen LogP contribution in [0.2, 0.25) is 0 Å². The minimum absolute atomic E-state index is 0.0220. The van der Waals surface area contributed by atoms with Crippen molar-refractivity contribution in [2.75, 3.05) is 38.6 Å². The average molecular weight is 319 g/mol. The summed E-state index contributed by atoms with van der Waals surface area (Å²) in [5.74, 6) is -0.244. The van der Waals surface area contributed by atoms with E-state index in [2.05, 4.69) is 5.32 Å². The van der Waals surface area contributed by atoms with Crippen molar-refractivity contribution in [3.63, 3.8) is 0 Å². The SMILES string of the molecule is CC(=O)c1ccc(N(CCC(=O)NCCN(C)C)C(C)=O)cc1. The topological polar surface area (TPSA) is 69.7 Å². The molecule has 2 amide bonds. The van der Waals surface area contributed by atoms with Gasteiger partial charge in [-0.3, -0.25) is 14.4 Å². The molecular formula is C17H25N3O3. The summed E-state index contributed by atoms with van der Waals surface area (Å²) in [4.78, 5) is 38.4. The van der Waals surface area contributed by atoms with Crippen LogP contribution in [0.1, 0.15) is 30.6 Å².